The Bertz CT molecular complexity index is 1030. The summed E-state index contributed by atoms with van der Waals surface area (Å²) in [5.74, 6) is -0.784. The van der Waals surface area contributed by atoms with E-state index in [-0.39, 0.29) is 27.3 Å². The maximum Gasteiger partial charge on any atom is 0.255 e. The van der Waals surface area contributed by atoms with Crippen molar-refractivity contribution in [1.29, 1.82) is 0 Å². The van der Waals surface area contributed by atoms with Gasteiger partial charge in [0.2, 0.25) is 0 Å². The summed E-state index contributed by atoms with van der Waals surface area (Å²) in [6, 6.07) is 5.81. The first-order valence-electron chi connectivity index (χ1n) is 9.91. The second-order valence-electron chi connectivity index (χ2n) is 8.10. The van der Waals surface area contributed by atoms with Gasteiger partial charge in [-0.05, 0) is 55.9 Å². The Balaban J connectivity index is 1.91. The third kappa shape index (κ3) is 4.36. The molecule has 0 radical (unpaired) electrons. The highest BCUT2D eigenvalue weighted by Gasteiger charge is 2.47. The number of rotatable bonds is 5. The largest absolute Gasteiger partial charge is 0.390 e. The summed E-state index contributed by atoms with van der Waals surface area (Å²) in [6.45, 7) is 5.60. The van der Waals surface area contributed by atoms with Gasteiger partial charge in [0.05, 0.1) is 38.9 Å². The van der Waals surface area contributed by atoms with E-state index in [0.29, 0.717) is 24.9 Å². The van der Waals surface area contributed by atoms with E-state index in [0.717, 1.165) is 0 Å². The number of aliphatic hydroxyl groups is 1. The van der Waals surface area contributed by atoms with E-state index in [1.165, 1.54) is 30.6 Å². The number of nitrogens with one attached hydrogen (secondary N) is 1. The summed E-state index contributed by atoms with van der Waals surface area (Å²) in [6.07, 6.45) is 4.20. The van der Waals surface area contributed by atoms with E-state index in [2.05, 4.69) is 15.5 Å². The van der Waals surface area contributed by atoms with Gasteiger partial charge < -0.3 is 10.4 Å². The summed E-state index contributed by atoms with van der Waals surface area (Å²) in [5, 5.41) is 20.2. The molecule has 1 aromatic carbocycles. The number of benzene rings is 1. The van der Waals surface area contributed by atoms with Crippen LogP contribution in [0.1, 0.15) is 50.4 Å². The van der Waals surface area contributed by atoms with Crippen molar-refractivity contribution in [2.45, 2.75) is 55.8 Å². The molecule has 2 N–H and O–H groups in total. The van der Waals surface area contributed by atoms with Crippen LogP contribution in [0.4, 0.5) is 5.69 Å². The van der Waals surface area contributed by atoms with Crippen molar-refractivity contribution < 1.29 is 18.3 Å². The molecule has 0 saturated heterocycles. The minimum atomic E-state index is -3.79. The number of halogens is 1. The molecule has 30 heavy (non-hydrogen) atoms. The summed E-state index contributed by atoms with van der Waals surface area (Å²) >= 11 is 6.25. The van der Waals surface area contributed by atoms with E-state index in [9.17, 15) is 18.3 Å². The normalized spacial score (nSPS) is 26.9. The Kier molecular flexibility index (Phi) is 6.50. The molecule has 1 amide bonds. The number of hydrogen-bond donors (Lipinski definition) is 2. The van der Waals surface area contributed by atoms with E-state index in [4.69, 9.17) is 11.6 Å². The third-order valence-electron chi connectivity index (χ3n) is 6.26. The number of carbonyl (C=O) groups is 1. The molecule has 1 aliphatic carbocycles. The quantitative estimate of drug-likeness (QED) is 0.716. The molecule has 0 aliphatic heterocycles. The van der Waals surface area contributed by atoms with Crippen molar-refractivity contribution in [3.8, 4) is 0 Å². The van der Waals surface area contributed by atoms with Crippen LogP contribution in [0, 0.1) is 11.8 Å². The molecule has 2 aromatic rings. The fraction of sp³-hybridized carbons (Fsp3) is 0.476. The first kappa shape index (κ1) is 22.7. The number of amides is 1. The second-order valence-corrected chi connectivity index (χ2v) is 10.7. The molecule has 4 atom stereocenters. The minimum Gasteiger partial charge on any atom is -0.390 e. The first-order valence-corrected chi connectivity index (χ1v) is 11.8. The van der Waals surface area contributed by atoms with Crippen LogP contribution in [-0.2, 0) is 9.84 Å². The molecular formula is C21H26ClN3O4S. The zero-order valence-electron chi connectivity index (χ0n) is 17.2. The highest BCUT2D eigenvalue weighted by atomic mass is 35.5. The summed E-state index contributed by atoms with van der Waals surface area (Å²) in [5.41, 5.74) is -0.286. The van der Waals surface area contributed by atoms with Gasteiger partial charge >= 0.3 is 0 Å². The van der Waals surface area contributed by atoms with Crippen molar-refractivity contribution >= 4 is 33.0 Å². The summed E-state index contributed by atoms with van der Waals surface area (Å²) in [4.78, 5) is 12.5. The van der Waals surface area contributed by atoms with E-state index >= 15 is 0 Å². The predicted octanol–water partition coefficient (Wildman–Crippen LogP) is 3.73. The summed E-state index contributed by atoms with van der Waals surface area (Å²) < 4.78 is 26.9. The lowest BCUT2D eigenvalue weighted by atomic mass is 9.69. The van der Waals surface area contributed by atoms with E-state index in [1.807, 2.05) is 13.8 Å². The fourth-order valence-corrected chi connectivity index (χ4v) is 6.59. The number of hydrogen-bond acceptors (Lipinski definition) is 6. The van der Waals surface area contributed by atoms with Crippen LogP contribution in [0.15, 0.2) is 41.6 Å². The van der Waals surface area contributed by atoms with Gasteiger partial charge in [-0.3, -0.25) is 4.79 Å². The van der Waals surface area contributed by atoms with Crippen LogP contribution in [0.2, 0.25) is 5.02 Å². The first-order chi connectivity index (χ1) is 14.1. The average molecular weight is 452 g/mol. The number of anilines is 1. The van der Waals surface area contributed by atoms with Crippen molar-refractivity contribution in [2.75, 3.05) is 5.32 Å². The van der Waals surface area contributed by atoms with Crippen LogP contribution in [0.25, 0.3) is 0 Å². The molecule has 0 bridgehead atoms. The van der Waals surface area contributed by atoms with Gasteiger partial charge in [0, 0.05) is 5.56 Å². The molecular weight excluding hydrogens is 426 g/mol. The topological polar surface area (TPSA) is 109 Å². The van der Waals surface area contributed by atoms with Gasteiger partial charge in [0.25, 0.3) is 5.91 Å². The molecule has 7 nitrogen and oxygen atoms in total. The fourth-order valence-electron chi connectivity index (χ4n) is 4.13. The number of aromatic nitrogens is 2. The molecule has 162 valence electrons. The van der Waals surface area contributed by atoms with Crippen molar-refractivity contribution in [3.05, 3.63) is 47.2 Å². The highest BCUT2D eigenvalue weighted by molar-refractivity contribution is 7.92. The molecule has 1 aromatic heterocycles. The van der Waals surface area contributed by atoms with Crippen LogP contribution in [0.5, 0.6) is 0 Å². The SMILES string of the molecule is CCC1C[C@@H](S(=O)(=O)c2cc(C(=O)Nc3ccnnc3)ccc2Cl)C[C@H](C)[C@]1(C)O. The Morgan fingerprint density at radius 2 is 2.03 bits per heavy atom. The van der Waals surface area contributed by atoms with Gasteiger partial charge in [0.15, 0.2) is 9.84 Å². The molecule has 1 fully saturated rings. The van der Waals surface area contributed by atoms with Crippen molar-refractivity contribution in [2.24, 2.45) is 11.8 Å². The second kappa shape index (κ2) is 8.61. The zero-order chi connectivity index (χ0) is 22.1. The molecule has 3 rings (SSSR count). The maximum absolute atomic E-state index is 13.4. The van der Waals surface area contributed by atoms with Gasteiger partial charge in [0.1, 0.15) is 0 Å². The maximum atomic E-state index is 13.4. The smallest absolute Gasteiger partial charge is 0.255 e. The van der Waals surface area contributed by atoms with Crippen molar-refractivity contribution in [1.82, 2.24) is 10.2 Å². The lowest BCUT2D eigenvalue weighted by Crippen LogP contribution is -2.49. The predicted molar refractivity (Wildman–Crippen MR) is 115 cm³/mol. The van der Waals surface area contributed by atoms with E-state index in [1.54, 1.807) is 13.0 Å². The van der Waals surface area contributed by atoms with Gasteiger partial charge in [-0.15, -0.1) is 0 Å². The van der Waals surface area contributed by atoms with Crippen LogP contribution >= 0.6 is 11.6 Å². The highest BCUT2D eigenvalue weighted by Crippen LogP contribution is 2.44. The molecule has 1 heterocycles. The van der Waals surface area contributed by atoms with Crippen LogP contribution in [-0.4, -0.2) is 40.5 Å². The average Bonchev–Trinajstić information content (AvgIpc) is 2.70. The van der Waals surface area contributed by atoms with E-state index < -0.39 is 26.6 Å². The zero-order valence-corrected chi connectivity index (χ0v) is 18.7. The summed E-state index contributed by atoms with van der Waals surface area (Å²) in [7, 11) is -3.79. The van der Waals surface area contributed by atoms with Gasteiger partial charge in [-0.1, -0.05) is 31.9 Å². The lowest BCUT2D eigenvalue weighted by Gasteiger charge is -2.45. The molecule has 0 spiro atoms. The molecule has 9 heteroatoms. The molecule has 1 saturated carbocycles. The molecule has 1 unspecified atom stereocenters. The van der Waals surface area contributed by atoms with Crippen LogP contribution < -0.4 is 5.32 Å². The number of carbonyl (C=O) groups excluding carboxylic acids is 1. The number of nitrogens with zero attached hydrogens (tertiary/aromatic N) is 2. The molecule has 1 aliphatic rings. The third-order valence-corrected chi connectivity index (χ3v) is 8.92. The Labute approximate surface area is 181 Å². The van der Waals surface area contributed by atoms with Crippen molar-refractivity contribution in [3.63, 3.8) is 0 Å². The van der Waals surface area contributed by atoms with Crippen LogP contribution in [0.3, 0.4) is 0 Å². The lowest BCUT2D eigenvalue weighted by molar-refractivity contribution is -0.0729. The Morgan fingerprint density at radius 3 is 2.67 bits per heavy atom. The number of sulfone groups is 1. The standard InChI is InChI=1S/C21H26ClN3O4S/c1-4-15-11-17(9-13(2)21(15,3)27)30(28,29)19-10-14(5-6-18(19)22)20(26)25-16-7-8-23-24-12-16/h5-8,10,12-13,15,17,27H,4,9,11H2,1-3H3,(H,23,25,26)/t13-,15?,17-,21-/m0/s1. The Hall–Kier alpha value is -2.03. The Morgan fingerprint density at radius 1 is 1.30 bits per heavy atom. The monoisotopic (exact) mass is 451 g/mol. The van der Waals surface area contributed by atoms with Gasteiger partial charge in [-0.25, -0.2) is 8.42 Å². The minimum absolute atomic E-state index is 0.0572. The van der Waals surface area contributed by atoms with Gasteiger partial charge in [-0.2, -0.15) is 10.2 Å².